The third-order valence-corrected chi connectivity index (χ3v) is 3.04. The van der Waals surface area contributed by atoms with Gasteiger partial charge in [0.05, 0.1) is 37.9 Å². The number of benzene rings is 2. The topological polar surface area (TPSA) is 65.7 Å². The molecule has 0 saturated carbocycles. The smallest absolute Gasteiger partial charge is 0.145 e. The fourth-order valence-electron chi connectivity index (χ4n) is 1.98. The first-order chi connectivity index (χ1) is 10.2. The van der Waals surface area contributed by atoms with Crippen LogP contribution in [0.2, 0.25) is 0 Å². The quantitative estimate of drug-likeness (QED) is 0.797. The van der Waals surface area contributed by atoms with E-state index in [4.69, 9.17) is 19.9 Å². The van der Waals surface area contributed by atoms with Crippen LogP contribution in [0.25, 0.3) is 0 Å². The van der Waals surface area contributed by atoms with E-state index in [9.17, 15) is 0 Å². The van der Waals surface area contributed by atoms with E-state index in [0.29, 0.717) is 23.8 Å². The minimum Gasteiger partial charge on any atom is -0.497 e. The van der Waals surface area contributed by atoms with E-state index in [1.807, 2.05) is 43.3 Å². The average molecular weight is 288 g/mol. The van der Waals surface area contributed by atoms with Gasteiger partial charge in [0.25, 0.3) is 0 Å². The molecule has 3 N–H and O–H groups in total. The molecule has 0 aliphatic carbocycles. The van der Waals surface area contributed by atoms with Gasteiger partial charge in [0, 0.05) is 6.07 Å². The summed E-state index contributed by atoms with van der Waals surface area (Å²) in [7, 11) is 3.23. The van der Waals surface area contributed by atoms with Crippen molar-refractivity contribution in [2.75, 3.05) is 31.9 Å². The molecule has 0 radical (unpaired) electrons. The zero-order chi connectivity index (χ0) is 15.2. The number of nitrogens with one attached hydrogen (secondary N) is 1. The monoisotopic (exact) mass is 288 g/mol. The Bertz CT molecular complexity index is 614. The van der Waals surface area contributed by atoms with Gasteiger partial charge >= 0.3 is 0 Å². The molecule has 0 fully saturated rings. The van der Waals surface area contributed by atoms with Crippen LogP contribution in [0.4, 0.5) is 17.1 Å². The van der Waals surface area contributed by atoms with Gasteiger partial charge in [-0.2, -0.15) is 0 Å². The highest BCUT2D eigenvalue weighted by Crippen LogP contribution is 2.36. The Balaban J connectivity index is 2.32. The van der Waals surface area contributed by atoms with Crippen molar-refractivity contribution in [1.82, 2.24) is 0 Å². The maximum Gasteiger partial charge on any atom is 0.145 e. The molecule has 0 atom stereocenters. The molecule has 0 aliphatic heterocycles. The average Bonchev–Trinajstić information content (AvgIpc) is 2.51. The highest BCUT2D eigenvalue weighted by molar-refractivity contribution is 5.79. The first kappa shape index (κ1) is 14.8. The minimum atomic E-state index is 0.567. The van der Waals surface area contributed by atoms with Crippen molar-refractivity contribution < 1.29 is 14.2 Å². The SMILES string of the molecule is CCOc1cccc(Nc2ccc(OC)cc2OC)c1N. The Morgan fingerprint density at radius 1 is 1.00 bits per heavy atom. The van der Waals surface area contributed by atoms with Crippen molar-refractivity contribution in [3.8, 4) is 17.2 Å². The molecular weight excluding hydrogens is 268 g/mol. The van der Waals surface area contributed by atoms with Gasteiger partial charge < -0.3 is 25.3 Å². The Kier molecular flexibility index (Phi) is 4.77. The van der Waals surface area contributed by atoms with Gasteiger partial charge in [0.2, 0.25) is 0 Å². The normalized spacial score (nSPS) is 10.0. The lowest BCUT2D eigenvalue weighted by Crippen LogP contribution is -2.02. The number of methoxy groups -OCH3 is 2. The number of nitrogen functional groups attached to an aromatic ring is 1. The number of nitrogens with two attached hydrogens (primary N) is 1. The third kappa shape index (κ3) is 3.31. The van der Waals surface area contributed by atoms with Crippen LogP contribution < -0.4 is 25.3 Å². The van der Waals surface area contributed by atoms with E-state index in [1.54, 1.807) is 14.2 Å². The summed E-state index contributed by atoms with van der Waals surface area (Å²) in [6.45, 7) is 2.49. The van der Waals surface area contributed by atoms with Crippen LogP contribution in [0.15, 0.2) is 36.4 Å². The fraction of sp³-hybridized carbons (Fsp3) is 0.250. The van der Waals surface area contributed by atoms with Crippen LogP contribution in [0.1, 0.15) is 6.92 Å². The predicted molar refractivity (Wildman–Crippen MR) is 84.9 cm³/mol. The molecule has 112 valence electrons. The number of rotatable bonds is 6. The third-order valence-electron chi connectivity index (χ3n) is 3.04. The minimum absolute atomic E-state index is 0.567. The van der Waals surface area contributed by atoms with Crippen LogP contribution in [0.5, 0.6) is 17.2 Å². The second-order valence-electron chi connectivity index (χ2n) is 4.34. The maximum atomic E-state index is 6.11. The molecule has 0 aliphatic rings. The van der Waals surface area contributed by atoms with Crippen molar-refractivity contribution in [3.63, 3.8) is 0 Å². The predicted octanol–water partition coefficient (Wildman–Crippen LogP) is 3.43. The molecule has 0 bridgehead atoms. The summed E-state index contributed by atoms with van der Waals surface area (Å²) in [5.41, 5.74) is 8.25. The van der Waals surface area contributed by atoms with Crippen LogP contribution in [-0.2, 0) is 0 Å². The summed E-state index contributed by atoms with van der Waals surface area (Å²) in [5.74, 6) is 2.07. The molecule has 2 rings (SSSR count). The lowest BCUT2D eigenvalue weighted by atomic mass is 10.2. The molecule has 0 amide bonds. The molecule has 5 heteroatoms. The van der Waals surface area contributed by atoms with E-state index in [0.717, 1.165) is 17.1 Å². The Labute approximate surface area is 124 Å². The molecule has 0 heterocycles. The molecule has 0 saturated heterocycles. The van der Waals surface area contributed by atoms with Crippen molar-refractivity contribution in [2.24, 2.45) is 0 Å². The molecule has 0 aromatic heterocycles. The van der Waals surface area contributed by atoms with Crippen LogP contribution in [-0.4, -0.2) is 20.8 Å². The van der Waals surface area contributed by atoms with Crippen molar-refractivity contribution in [3.05, 3.63) is 36.4 Å². The summed E-state index contributed by atoms with van der Waals surface area (Å²) >= 11 is 0. The van der Waals surface area contributed by atoms with Gasteiger partial charge in [-0.3, -0.25) is 0 Å². The van der Waals surface area contributed by atoms with E-state index < -0.39 is 0 Å². The fourth-order valence-corrected chi connectivity index (χ4v) is 1.98. The van der Waals surface area contributed by atoms with Gasteiger partial charge in [0.15, 0.2) is 0 Å². The van der Waals surface area contributed by atoms with Crippen molar-refractivity contribution in [1.29, 1.82) is 0 Å². The summed E-state index contributed by atoms with van der Waals surface area (Å²) < 4.78 is 16.0. The zero-order valence-electron chi connectivity index (χ0n) is 12.5. The molecule has 0 spiro atoms. The number of para-hydroxylation sites is 1. The molecular formula is C16H20N2O3. The lowest BCUT2D eigenvalue weighted by molar-refractivity contribution is 0.342. The zero-order valence-corrected chi connectivity index (χ0v) is 12.5. The van der Waals surface area contributed by atoms with Gasteiger partial charge in [-0.1, -0.05) is 6.07 Å². The Hall–Kier alpha value is -2.56. The van der Waals surface area contributed by atoms with Crippen LogP contribution >= 0.6 is 0 Å². The maximum absolute atomic E-state index is 6.11. The Morgan fingerprint density at radius 2 is 1.81 bits per heavy atom. The first-order valence-electron chi connectivity index (χ1n) is 6.70. The van der Waals surface area contributed by atoms with E-state index in [1.165, 1.54) is 0 Å². The highest BCUT2D eigenvalue weighted by Gasteiger charge is 2.09. The van der Waals surface area contributed by atoms with E-state index in [-0.39, 0.29) is 0 Å². The summed E-state index contributed by atoms with van der Waals surface area (Å²) in [5, 5.41) is 3.26. The second kappa shape index (κ2) is 6.74. The first-order valence-corrected chi connectivity index (χ1v) is 6.70. The van der Waals surface area contributed by atoms with Gasteiger partial charge in [-0.15, -0.1) is 0 Å². The summed E-state index contributed by atoms with van der Waals surface area (Å²) in [6, 6.07) is 11.2. The number of hydrogen-bond acceptors (Lipinski definition) is 5. The Morgan fingerprint density at radius 3 is 2.48 bits per heavy atom. The molecule has 5 nitrogen and oxygen atoms in total. The van der Waals surface area contributed by atoms with E-state index >= 15 is 0 Å². The van der Waals surface area contributed by atoms with E-state index in [2.05, 4.69) is 5.32 Å². The molecule has 2 aromatic rings. The van der Waals surface area contributed by atoms with Crippen molar-refractivity contribution in [2.45, 2.75) is 6.92 Å². The number of anilines is 3. The number of hydrogen-bond donors (Lipinski definition) is 2. The second-order valence-corrected chi connectivity index (χ2v) is 4.34. The van der Waals surface area contributed by atoms with Crippen LogP contribution in [0, 0.1) is 0 Å². The summed E-state index contributed by atoms with van der Waals surface area (Å²) in [4.78, 5) is 0. The van der Waals surface area contributed by atoms with Gasteiger partial charge in [-0.25, -0.2) is 0 Å². The largest absolute Gasteiger partial charge is 0.497 e. The van der Waals surface area contributed by atoms with Crippen LogP contribution in [0.3, 0.4) is 0 Å². The molecule has 2 aromatic carbocycles. The molecule has 0 unspecified atom stereocenters. The standard InChI is InChI=1S/C16H20N2O3/c1-4-21-14-7-5-6-13(16(14)17)18-12-9-8-11(19-2)10-15(12)20-3/h5-10,18H,4,17H2,1-3H3. The lowest BCUT2D eigenvalue weighted by Gasteiger charge is -2.15. The van der Waals surface area contributed by atoms with Gasteiger partial charge in [-0.05, 0) is 31.2 Å². The number of ether oxygens (including phenoxy) is 3. The van der Waals surface area contributed by atoms with Gasteiger partial charge in [0.1, 0.15) is 17.2 Å². The highest BCUT2D eigenvalue weighted by atomic mass is 16.5. The summed E-state index contributed by atoms with van der Waals surface area (Å²) in [6.07, 6.45) is 0. The van der Waals surface area contributed by atoms with Crippen molar-refractivity contribution >= 4 is 17.1 Å². The molecule has 21 heavy (non-hydrogen) atoms.